The summed E-state index contributed by atoms with van der Waals surface area (Å²) in [6, 6.07) is 0. The van der Waals surface area contributed by atoms with E-state index in [-0.39, 0.29) is 5.83 Å². The van der Waals surface area contributed by atoms with Gasteiger partial charge in [-0.3, -0.25) is 4.99 Å². The summed E-state index contributed by atoms with van der Waals surface area (Å²) < 4.78 is 12.4. The number of halogens is 1. The lowest BCUT2D eigenvalue weighted by atomic mass is 10.2. The van der Waals surface area contributed by atoms with E-state index in [1.54, 1.807) is 0 Å². The molecule has 0 N–H and O–H groups in total. The fraction of sp³-hybridized carbons (Fsp3) is 0.286. The Hall–Kier alpha value is -0.920. The fourth-order valence-corrected chi connectivity index (χ4v) is 0.340. The van der Waals surface area contributed by atoms with Gasteiger partial charge in [-0.05, 0) is 18.7 Å². The van der Waals surface area contributed by atoms with Crippen molar-refractivity contribution in [3.63, 3.8) is 0 Å². The maximum absolute atomic E-state index is 12.4. The quantitative estimate of drug-likeness (QED) is 0.408. The molecule has 0 aromatic rings. The number of hydrogen-bond donors (Lipinski definition) is 0. The molecule has 0 rings (SSSR count). The molecule has 9 heavy (non-hydrogen) atoms. The van der Waals surface area contributed by atoms with Crippen LogP contribution in [-0.4, -0.2) is 6.72 Å². The molecule has 0 saturated carbocycles. The molecule has 50 valence electrons. The molecule has 2 heteroatoms. The second kappa shape index (κ2) is 4.01. The first-order valence-corrected chi connectivity index (χ1v) is 2.72. The molecule has 0 aliphatic rings. The van der Waals surface area contributed by atoms with Crippen molar-refractivity contribution in [1.82, 2.24) is 0 Å². The number of hydrogen-bond acceptors (Lipinski definition) is 1. The molecule has 0 heterocycles. The summed E-state index contributed by atoms with van der Waals surface area (Å²) in [6.45, 7) is 8.40. The molecule has 0 aliphatic heterocycles. The third-order valence-corrected chi connectivity index (χ3v) is 0.969. The standard InChI is InChI=1S/C7H10FN/c1-4-6(2)7(8)5-9-3/h5H,2-4H2,1H3/b7-5+. The number of aliphatic imine (C=N–C) groups is 1. The summed E-state index contributed by atoms with van der Waals surface area (Å²) in [6.07, 6.45) is 1.67. The maximum Gasteiger partial charge on any atom is 0.143 e. The maximum atomic E-state index is 12.4. The van der Waals surface area contributed by atoms with Gasteiger partial charge in [0, 0.05) is 0 Å². The highest BCUT2D eigenvalue weighted by molar-refractivity contribution is 5.29. The Balaban J connectivity index is 4.01. The van der Waals surface area contributed by atoms with E-state index in [4.69, 9.17) is 0 Å². The van der Waals surface area contributed by atoms with Crippen LogP contribution in [0.15, 0.2) is 29.2 Å². The van der Waals surface area contributed by atoms with Gasteiger partial charge in [-0.2, -0.15) is 0 Å². The van der Waals surface area contributed by atoms with Crippen molar-refractivity contribution in [2.24, 2.45) is 4.99 Å². The molecule has 0 aromatic carbocycles. The third kappa shape index (κ3) is 2.80. The van der Waals surface area contributed by atoms with Crippen molar-refractivity contribution >= 4 is 6.72 Å². The van der Waals surface area contributed by atoms with E-state index in [9.17, 15) is 4.39 Å². The summed E-state index contributed by atoms with van der Waals surface area (Å²) in [5, 5.41) is 0. The van der Waals surface area contributed by atoms with E-state index in [1.165, 1.54) is 0 Å². The van der Waals surface area contributed by atoms with Crippen molar-refractivity contribution in [2.45, 2.75) is 13.3 Å². The van der Waals surface area contributed by atoms with Crippen LogP contribution in [0.25, 0.3) is 0 Å². The zero-order chi connectivity index (χ0) is 7.28. The van der Waals surface area contributed by atoms with Crippen LogP contribution in [0.1, 0.15) is 13.3 Å². The Morgan fingerprint density at radius 3 is 2.67 bits per heavy atom. The number of rotatable bonds is 3. The van der Waals surface area contributed by atoms with Gasteiger partial charge in [-0.1, -0.05) is 13.5 Å². The molecule has 0 atom stereocenters. The van der Waals surface area contributed by atoms with Crippen LogP contribution in [0.2, 0.25) is 0 Å². The minimum absolute atomic E-state index is 0.382. The minimum Gasteiger partial charge on any atom is -0.269 e. The van der Waals surface area contributed by atoms with Gasteiger partial charge in [-0.15, -0.1) is 0 Å². The van der Waals surface area contributed by atoms with Crippen LogP contribution >= 0.6 is 0 Å². The van der Waals surface area contributed by atoms with E-state index in [1.807, 2.05) is 6.92 Å². The average molecular weight is 127 g/mol. The minimum atomic E-state index is -0.382. The molecule has 0 radical (unpaired) electrons. The van der Waals surface area contributed by atoms with Gasteiger partial charge in [-0.25, -0.2) is 4.39 Å². The lowest BCUT2D eigenvalue weighted by Gasteiger charge is -1.93. The second-order valence-electron chi connectivity index (χ2n) is 1.62. The summed E-state index contributed by atoms with van der Waals surface area (Å²) >= 11 is 0. The third-order valence-electron chi connectivity index (χ3n) is 0.969. The van der Waals surface area contributed by atoms with Gasteiger partial charge < -0.3 is 0 Å². The van der Waals surface area contributed by atoms with Gasteiger partial charge in [0.05, 0.1) is 6.20 Å². The van der Waals surface area contributed by atoms with Crippen molar-refractivity contribution in [1.29, 1.82) is 0 Å². The highest BCUT2D eigenvalue weighted by Crippen LogP contribution is 2.11. The Labute approximate surface area is 54.6 Å². The van der Waals surface area contributed by atoms with Crippen LogP contribution in [-0.2, 0) is 0 Å². The first-order chi connectivity index (χ1) is 4.22. The highest BCUT2D eigenvalue weighted by Gasteiger charge is 1.95. The largest absolute Gasteiger partial charge is 0.269 e. The lowest BCUT2D eigenvalue weighted by Crippen LogP contribution is -1.76. The molecule has 1 nitrogen and oxygen atoms in total. The molecule has 0 aromatic heterocycles. The highest BCUT2D eigenvalue weighted by atomic mass is 19.1. The zero-order valence-electron chi connectivity index (χ0n) is 5.52. The normalized spacial score (nSPS) is 11.1. The molecule has 0 spiro atoms. The van der Waals surface area contributed by atoms with Crippen LogP contribution in [0.5, 0.6) is 0 Å². The van der Waals surface area contributed by atoms with Crippen molar-refractivity contribution in [3.05, 3.63) is 24.2 Å². The van der Waals surface area contributed by atoms with Crippen molar-refractivity contribution in [3.8, 4) is 0 Å². The van der Waals surface area contributed by atoms with Crippen molar-refractivity contribution < 1.29 is 4.39 Å². The zero-order valence-corrected chi connectivity index (χ0v) is 5.52. The number of nitrogens with zero attached hydrogens (tertiary/aromatic N) is 1. The molecule has 0 aliphatic carbocycles. The summed E-state index contributed by atoms with van der Waals surface area (Å²) in [5.41, 5.74) is 0.461. The van der Waals surface area contributed by atoms with Gasteiger partial charge in [0.15, 0.2) is 0 Å². The fourth-order valence-electron chi connectivity index (χ4n) is 0.340. The number of allylic oxidation sites excluding steroid dienone is 2. The van der Waals surface area contributed by atoms with E-state index in [2.05, 4.69) is 18.3 Å². The SMILES string of the molecule is C=N/C=C(/F)C(=C)CC. The Morgan fingerprint density at radius 2 is 2.33 bits per heavy atom. The first-order valence-electron chi connectivity index (χ1n) is 2.72. The summed E-state index contributed by atoms with van der Waals surface area (Å²) in [5.74, 6) is -0.382. The topological polar surface area (TPSA) is 12.4 Å². The first kappa shape index (κ1) is 8.08. The van der Waals surface area contributed by atoms with E-state index in [0.29, 0.717) is 12.0 Å². The monoisotopic (exact) mass is 127 g/mol. The van der Waals surface area contributed by atoms with Crippen LogP contribution in [0.3, 0.4) is 0 Å². The van der Waals surface area contributed by atoms with Crippen LogP contribution in [0.4, 0.5) is 4.39 Å². The molecular weight excluding hydrogens is 117 g/mol. The molecule has 0 bridgehead atoms. The summed E-state index contributed by atoms with van der Waals surface area (Å²) in [4.78, 5) is 3.26. The van der Waals surface area contributed by atoms with Gasteiger partial charge in [0.25, 0.3) is 0 Å². The predicted octanol–water partition coefficient (Wildman–Crippen LogP) is 2.46. The Kier molecular flexibility index (Phi) is 3.60. The molecule has 0 amide bonds. The van der Waals surface area contributed by atoms with Crippen molar-refractivity contribution in [2.75, 3.05) is 0 Å². The summed E-state index contributed by atoms with van der Waals surface area (Å²) in [7, 11) is 0. The average Bonchev–Trinajstić information content (AvgIpc) is 1.87. The second-order valence-corrected chi connectivity index (χ2v) is 1.62. The Bertz CT molecular complexity index is 147. The Morgan fingerprint density at radius 1 is 1.78 bits per heavy atom. The van der Waals surface area contributed by atoms with Crippen LogP contribution in [0, 0.1) is 0 Å². The van der Waals surface area contributed by atoms with Gasteiger partial charge in [0.2, 0.25) is 0 Å². The van der Waals surface area contributed by atoms with E-state index in [0.717, 1.165) is 6.20 Å². The molecular formula is C7H10FN. The van der Waals surface area contributed by atoms with E-state index < -0.39 is 0 Å². The molecule has 0 unspecified atom stereocenters. The van der Waals surface area contributed by atoms with E-state index >= 15 is 0 Å². The van der Waals surface area contributed by atoms with Gasteiger partial charge >= 0.3 is 0 Å². The predicted molar refractivity (Wildman–Crippen MR) is 38.2 cm³/mol. The molecule has 0 saturated heterocycles. The van der Waals surface area contributed by atoms with Crippen LogP contribution < -0.4 is 0 Å². The smallest absolute Gasteiger partial charge is 0.143 e. The molecule has 0 fully saturated rings. The van der Waals surface area contributed by atoms with Gasteiger partial charge in [0.1, 0.15) is 5.83 Å². The lowest BCUT2D eigenvalue weighted by molar-refractivity contribution is 0.641.